The molecular formula is C19H23N5O. The van der Waals surface area contributed by atoms with Gasteiger partial charge < -0.3 is 10.2 Å². The fourth-order valence-electron chi connectivity index (χ4n) is 3.07. The second-order valence-electron chi connectivity index (χ2n) is 6.74. The van der Waals surface area contributed by atoms with Crippen LogP contribution in [0.15, 0.2) is 42.6 Å². The number of aromatic nitrogens is 2. The van der Waals surface area contributed by atoms with Crippen LogP contribution in [0.5, 0.6) is 0 Å². The van der Waals surface area contributed by atoms with Crippen molar-refractivity contribution in [1.29, 1.82) is 0 Å². The molecular weight excluding hydrogens is 314 g/mol. The molecule has 2 fully saturated rings. The van der Waals surface area contributed by atoms with Crippen molar-refractivity contribution >= 4 is 11.9 Å². The maximum Gasteiger partial charge on any atom is 0.272 e. The van der Waals surface area contributed by atoms with Gasteiger partial charge in [0.05, 0.1) is 0 Å². The van der Waals surface area contributed by atoms with E-state index in [2.05, 4.69) is 44.5 Å². The van der Waals surface area contributed by atoms with Gasteiger partial charge in [0.1, 0.15) is 5.69 Å². The number of carbonyl (C=O) groups excluding carboxylic acids is 1. The predicted molar refractivity (Wildman–Crippen MR) is 96.3 cm³/mol. The van der Waals surface area contributed by atoms with E-state index >= 15 is 0 Å². The molecule has 2 heterocycles. The molecule has 1 aliphatic heterocycles. The highest BCUT2D eigenvalue weighted by Gasteiger charge is 2.25. The molecule has 4 rings (SSSR count). The van der Waals surface area contributed by atoms with Gasteiger partial charge in [-0.05, 0) is 24.5 Å². The normalized spacial score (nSPS) is 18.2. The van der Waals surface area contributed by atoms with Crippen LogP contribution in [0.2, 0.25) is 0 Å². The van der Waals surface area contributed by atoms with E-state index in [1.54, 1.807) is 12.3 Å². The third-order valence-corrected chi connectivity index (χ3v) is 4.69. The van der Waals surface area contributed by atoms with Gasteiger partial charge in [-0.15, -0.1) is 0 Å². The van der Waals surface area contributed by atoms with Gasteiger partial charge in [0.25, 0.3) is 5.91 Å². The third kappa shape index (κ3) is 4.14. The Morgan fingerprint density at radius 2 is 1.84 bits per heavy atom. The number of hydrogen-bond donors (Lipinski definition) is 1. The lowest BCUT2D eigenvalue weighted by Gasteiger charge is -2.34. The maximum atomic E-state index is 12.7. The molecule has 1 aromatic heterocycles. The molecule has 1 amide bonds. The second kappa shape index (κ2) is 7.19. The summed E-state index contributed by atoms with van der Waals surface area (Å²) in [7, 11) is 0. The van der Waals surface area contributed by atoms with Gasteiger partial charge in [-0.3, -0.25) is 9.69 Å². The van der Waals surface area contributed by atoms with Gasteiger partial charge in [0.2, 0.25) is 5.95 Å². The van der Waals surface area contributed by atoms with Crippen LogP contribution in [-0.4, -0.2) is 57.9 Å². The highest BCUT2D eigenvalue weighted by atomic mass is 16.2. The fraction of sp³-hybridized carbons (Fsp3) is 0.421. The van der Waals surface area contributed by atoms with Gasteiger partial charge >= 0.3 is 0 Å². The molecule has 0 unspecified atom stereocenters. The molecule has 1 N–H and O–H groups in total. The van der Waals surface area contributed by atoms with E-state index in [1.807, 2.05) is 11.0 Å². The average Bonchev–Trinajstić information content (AvgIpc) is 3.47. The Hall–Kier alpha value is -2.47. The summed E-state index contributed by atoms with van der Waals surface area (Å²) in [6, 6.07) is 12.6. The molecule has 25 heavy (non-hydrogen) atoms. The van der Waals surface area contributed by atoms with E-state index in [0.29, 0.717) is 17.7 Å². The number of amides is 1. The van der Waals surface area contributed by atoms with E-state index in [-0.39, 0.29) is 5.91 Å². The molecule has 1 saturated heterocycles. The van der Waals surface area contributed by atoms with Crippen LogP contribution in [0.1, 0.15) is 28.9 Å². The number of anilines is 1. The molecule has 0 atom stereocenters. The predicted octanol–water partition coefficient (Wildman–Crippen LogP) is 2.01. The smallest absolute Gasteiger partial charge is 0.272 e. The molecule has 6 nitrogen and oxygen atoms in total. The summed E-state index contributed by atoms with van der Waals surface area (Å²) in [6.45, 7) is 4.19. The minimum atomic E-state index is 0.000563. The van der Waals surface area contributed by atoms with Crippen molar-refractivity contribution in [2.24, 2.45) is 0 Å². The highest BCUT2D eigenvalue weighted by Crippen LogP contribution is 2.22. The number of nitrogens with zero attached hydrogens (tertiary/aromatic N) is 4. The molecule has 0 radical (unpaired) electrons. The van der Waals surface area contributed by atoms with Crippen LogP contribution in [-0.2, 0) is 6.54 Å². The van der Waals surface area contributed by atoms with Gasteiger partial charge in [-0.2, -0.15) is 0 Å². The molecule has 1 aromatic carbocycles. The van der Waals surface area contributed by atoms with E-state index in [9.17, 15) is 4.79 Å². The largest absolute Gasteiger partial charge is 0.351 e. The molecule has 130 valence electrons. The van der Waals surface area contributed by atoms with Crippen molar-refractivity contribution in [2.45, 2.75) is 25.4 Å². The standard InChI is InChI=1S/C19H23N5O/c25-18(17-8-9-20-19(22-17)21-16-6-7-16)24-12-10-23(11-13-24)14-15-4-2-1-3-5-15/h1-5,8-9,16H,6-7,10-14H2,(H,20,21,22). The fourth-order valence-corrected chi connectivity index (χ4v) is 3.07. The van der Waals surface area contributed by atoms with Crippen LogP contribution in [0.3, 0.4) is 0 Å². The van der Waals surface area contributed by atoms with Crippen molar-refractivity contribution in [1.82, 2.24) is 19.8 Å². The summed E-state index contributed by atoms with van der Waals surface area (Å²) in [5.41, 5.74) is 1.79. The Balaban J connectivity index is 1.33. The number of piperazine rings is 1. The quantitative estimate of drug-likeness (QED) is 0.904. The first-order chi connectivity index (χ1) is 12.3. The first-order valence-electron chi connectivity index (χ1n) is 8.93. The highest BCUT2D eigenvalue weighted by molar-refractivity contribution is 5.92. The van der Waals surface area contributed by atoms with E-state index in [4.69, 9.17) is 0 Å². The Kier molecular flexibility index (Phi) is 4.61. The zero-order chi connectivity index (χ0) is 17.1. The van der Waals surface area contributed by atoms with E-state index in [0.717, 1.165) is 45.6 Å². The number of benzene rings is 1. The number of rotatable bonds is 5. The summed E-state index contributed by atoms with van der Waals surface area (Å²) >= 11 is 0. The van der Waals surface area contributed by atoms with Crippen molar-refractivity contribution in [2.75, 3.05) is 31.5 Å². The zero-order valence-corrected chi connectivity index (χ0v) is 14.3. The van der Waals surface area contributed by atoms with Crippen LogP contribution in [0.4, 0.5) is 5.95 Å². The van der Waals surface area contributed by atoms with E-state index in [1.165, 1.54) is 5.56 Å². The molecule has 6 heteroatoms. The number of hydrogen-bond acceptors (Lipinski definition) is 5. The second-order valence-corrected chi connectivity index (χ2v) is 6.74. The summed E-state index contributed by atoms with van der Waals surface area (Å²) in [5.74, 6) is 0.566. The molecule has 2 aliphatic rings. The van der Waals surface area contributed by atoms with E-state index < -0.39 is 0 Å². The van der Waals surface area contributed by atoms with Gasteiger partial charge in [0.15, 0.2) is 0 Å². The lowest BCUT2D eigenvalue weighted by atomic mass is 10.2. The van der Waals surface area contributed by atoms with Crippen LogP contribution in [0, 0.1) is 0 Å². The number of nitrogens with one attached hydrogen (secondary N) is 1. The van der Waals surface area contributed by atoms with Crippen LogP contribution >= 0.6 is 0 Å². The van der Waals surface area contributed by atoms with Crippen LogP contribution < -0.4 is 5.32 Å². The Morgan fingerprint density at radius 3 is 2.56 bits per heavy atom. The molecule has 0 spiro atoms. The minimum Gasteiger partial charge on any atom is -0.351 e. The van der Waals surface area contributed by atoms with Gasteiger partial charge in [-0.25, -0.2) is 9.97 Å². The third-order valence-electron chi connectivity index (χ3n) is 4.69. The number of carbonyl (C=O) groups is 1. The summed E-state index contributed by atoms with van der Waals surface area (Å²) in [5, 5.41) is 3.25. The SMILES string of the molecule is O=C(c1ccnc(NC2CC2)n1)N1CCN(Cc2ccccc2)CC1. The monoisotopic (exact) mass is 337 g/mol. The van der Waals surface area contributed by atoms with Gasteiger partial charge in [-0.1, -0.05) is 30.3 Å². The topological polar surface area (TPSA) is 61.4 Å². The van der Waals surface area contributed by atoms with Crippen molar-refractivity contribution in [3.05, 3.63) is 53.9 Å². The molecule has 1 saturated carbocycles. The zero-order valence-electron chi connectivity index (χ0n) is 14.3. The van der Waals surface area contributed by atoms with Crippen molar-refractivity contribution in [3.8, 4) is 0 Å². The van der Waals surface area contributed by atoms with Gasteiger partial charge in [0, 0.05) is 45.0 Å². The van der Waals surface area contributed by atoms with Crippen molar-refractivity contribution in [3.63, 3.8) is 0 Å². The molecule has 0 bridgehead atoms. The Morgan fingerprint density at radius 1 is 1.08 bits per heavy atom. The average molecular weight is 337 g/mol. The van der Waals surface area contributed by atoms with Crippen molar-refractivity contribution < 1.29 is 4.79 Å². The summed E-state index contributed by atoms with van der Waals surface area (Å²) < 4.78 is 0. The Labute approximate surface area is 147 Å². The Bertz CT molecular complexity index is 724. The van der Waals surface area contributed by atoms with Crippen LogP contribution in [0.25, 0.3) is 0 Å². The summed E-state index contributed by atoms with van der Waals surface area (Å²) in [4.78, 5) is 25.6. The first-order valence-corrected chi connectivity index (χ1v) is 8.93. The molecule has 1 aliphatic carbocycles. The molecule has 2 aromatic rings. The summed E-state index contributed by atoms with van der Waals surface area (Å²) in [6.07, 6.45) is 3.98. The lowest BCUT2D eigenvalue weighted by Crippen LogP contribution is -2.48. The first kappa shape index (κ1) is 16.0. The minimum absolute atomic E-state index is 0.000563. The maximum absolute atomic E-state index is 12.7. The lowest BCUT2D eigenvalue weighted by molar-refractivity contribution is 0.0622.